The standard InChI is InChI=1S/C22H27NO2/c1-16(2)18-8-10-19(11-9-18)20-14-21(20)22(25)23(12-13-24)15-17-6-4-3-5-7-17/h3-11,16,20-21,24H,12-15H2,1-2H3. The highest BCUT2D eigenvalue weighted by atomic mass is 16.3. The van der Waals surface area contributed by atoms with Gasteiger partial charge in [0.15, 0.2) is 0 Å². The van der Waals surface area contributed by atoms with Crippen LogP contribution in [-0.2, 0) is 11.3 Å². The maximum absolute atomic E-state index is 12.9. The average Bonchev–Trinajstić information content (AvgIpc) is 3.42. The third-order valence-corrected chi connectivity index (χ3v) is 5.04. The van der Waals surface area contributed by atoms with Crippen molar-refractivity contribution >= 4 is 5.91 Å². The van der Waals surface area contributed by atoms with E-state index in [0.29, 0.717) is 24.9 Å². The Labute approximate surface area is 150 Å². The summed E-state index contributed by atoms with van der Waals surface area (Å²) in [5.41, 5.74) is 3.69. The zero-order valence-electron chi connectivity index (χ0n) is 15.1. The lowest BCUT2D eigenvalue weighted by molar-refractivity contribution is -0.133. The van der Waals surface area contributed by atoms with E-state index in [1.165, 1.54) is 11.1 Å². The Morgan fingerprint density at radius 1 is 1.12 bits per heavy atom. The summed E-state index contributed by atoms with van der Waals surface area (Å²) in [6, 6.07) is 18.7. The predicted octanol–water partition coefficient (Wildman–Crippen LogP) is 3.93. The smallest absolute Gasteiger partial charge is 0.226 e. The van der Waals surface area contributed by atoms with Crippen molar-refractivity contribution in [3.8, 4) is 0 Å². The second-order valence-corrected chi connectivity index (χ2v) is 7.24. The van der Waals surface area contributed by atoms with Gasteiger partial charge in [0.1, 0.15) is 0 Å². The molecule has 1 fully saturated rings. The summed E-state index contributed by atoms with van der Waals surface area (Å²) in [7, 11) is 0. The lowest BCUT2D eigenvalue weighted by Crippen LogP contribution is -2.34. The third kappa shape index (κ3) is 4.29. The molecule has 0 saturated heterocycles. The Morgan fingerprint density at radius 2 is 1.80 bits per heavy atom. The Balaban J connectivity index is 1.65. The molecule has 0 spiro atoms. The van der Waals surface area contributed by atoms with Crippen LogP contribution in [-0.4, -0.2) is 29.1 Å². The molecule has 2 atom stereocenters. The van der Waals surface area contributed by atoms with Gasteiger partial charge in [0.2, 0.25) is 5.91 Å². The normalized spacial score (nSPS) is 19.0. The summed E-state index contributed by atoms with van der Waals surface area (Å²) in [5, 5.41) is 9.34. The number of benzene rings is 2. The molecule has 0 aromatic heterocycles. The third-order valence-electron chi connectivity index (χ3n) is 5.04. The van der Waals surface area contributed by atoms with Crippen molar-refractivity contribution in [1.82, 2.24) is 4.90 Å². The Bertz CT molecular complexity index is 694. The fourth-order valence-corrected chi connectivity index (χ4v) is 3.39. The molecule has 3 rings (SSSR count). The van der Waals surface area contributed by atoms with E-state index in [1.54, 1.807) is 4.90 Å². The fraction of sp³-hybridized carbons (Fsp3) is 0.409. The topological polar surface area (TPSA) is 40.5 Å². The van der Waals surface area contributed by atoms with Crippen molar-refractivity contribution < 1.29 is 9.90 Å². The average molecular weight is 337 g/mol. The van der Waals surface area contributed by atoms with Crippen LogP contribution in [0.15, 0.2) is 54.6 Å². The maximum atomic E-state index is 12.9. The van der Waals surface area contributed by atoms with Crippen LogP contribution in [0.4, 0.5) is 0 Å². The van der Waals surface area contributed by atoms with Gasteiger partial charge in [-0.2, -0.15) is 0 Å². The second kappa shape index (κ2) is 7.83. The van der Waals surface area contributed by atoms with Gasteiger partial charge >= 0.3 is 0 Å². The predicted molar refractivity (Wildman–Crippen MR) is 100 cm³/mol. The van der Waals surface area contributed by atoms with E-state index in [9.17, 15) is 9.90 Å². The first-order chi connectivity index (χ1) is 12.1. The minimum absolute atomic E-state index is 0.000947. The molecule has 0 radical (unpaired) electrons. The van der Waals surface area contributed by atoms with Gasteiger partial charge in [-0.05, 0) is 34.9 Å². The van der Waals surface area contributed by atoms with E-state index in [0.717, 1.165) is 12.0 Å². The van der Waals surface area contributed by atoms with Gasteiger partial charge in [-0.3, -0.25) is 4.79 Å². The molecule has 2 aromatic rings. The Kier molecular flexibility index (Phi) is 5.54. The summed E-state index contributed by atoms with van der Waals surface area (Å²) in [6.45, 7) is 5.33. The lowest BCUT2D eigenvalue weighted by Gasteiger charge is -2.22. The molecule has 0 bridgehead atoms. The van der Waals surface area contributed by atoms with Crippen molar-refractivity contribution in [2.45, 2.75) is 38.6 Å². The number of carbonyl (C=O) groups excluding carboxylic acids is 1. The van der Waals surface area contributed by atoms with Gasteiger partial charge in [0, 0.05) is 19.0 Å². The first-order valence-electron chi connectivity index (χ1n) is 9.13. The number of carbonyl (C=O) groups is 1. The molecule has 132 valence electrons. The van der Waals surface area contributed by atoms with E-state index in [1.807, 2.05) is 30.3 Å². The van der Waals surface area contributed by atoms with Crippen molar-refractivity contribution in [1.29, 1.82) is 0 Å². The summed E-state index contributed by atoms with van der Waals surface area (Å²) < 4.78 is 0. The van der Waals surface area contributed by atoms with Gasteiger partial charge in [-0.15, -0.1) is 0 Å². The van der Waals surface area contributed by atoms with Crippen LogP contribution in [0.3, 0.4) is 0 Å². The van der Waals surface area contributed by atoms with Crippen LogP contribution in [0.1, 0.15) is 48.8 Å². The van der Waals surface area contributed by atoms with E-state index < -0.39 is 0 Å². The number of hydrogen-bond donors (Lipinski definition) is 1. The van der Waals surface area contributed by atoms with Gasteiger partial charge in [0.25, 0.3) is 0 Å². The summed E-state index contributed by atoms with van der Waals surface area (Å²) in [5.74, 6) is 1.07. The molecule has 2 unspecified atom stereocenters. The van der Waals surface area contributed by atoms with Gasteiger partial charge in [-0.1, -0.05) is 68.4 Å². The number of hydrogen-bond acceptors (Lipinski definition) is 2. The maximum Gasteiger partial charge on any atom is 0.226 e. The summed E-state index contributed by atoms with van der Waals surface area (Å²) in [4.78, 5) is 14.7. The minimum Gasteiger partial charge on any atom is -0.395 e. The number of nitrogens with zero attached hydrogens (tertiary/aromatic N) is 1. The van der Waals surface area contributed by atoms with E-state index in [2.05, 4.69) is 38.1 Å². The molecule has 1 amide bonds. The molecule has 1 aliphatic rings. The number of rotatable bonds is 7. The van der Waals surface area contributed by atoms with Crippen LogP contribution in [0, 0.1) is 5.92 Å². The van der Waals surface area contributed by atoms with E-state index in [-0.39, 0.29) is 18.4 Å². The summed E-state index contributed by atoms with van der Waals surface area (Å²) >= 11 is 0. The minimum atomic E-state index is -0.000947. The molecular weight excluding hydrogens is 310 g/mol. The molecule has 1 saturated carbocycles. The molecule has 1 aliphatic carbocycles. The monoisotopic (exact) mass is 337 g/mol. The van der Waals surface area contributed by atoms with Crippen LogP contribution in [0.2, 0.25) is 0 Å². The molecule has 3 nitrogen and oxygen atoms in total. The van der Waals surface area contributed by atoms with E-state index in [4.69, 9.17) is 0 Å². The molecule has 1 N–H and O–H groups in total. The van der Waals surface area contributed by atoms with Crippen molar-refractivity contribution in [2.75, 3.05) is 13.2 Å². The zero-order chi connectivity index (χ0) is 17.8. The molecule has 25 heavy (non-hydrogen) atoms. The van der Waals surface area contributed by atoms with Crippen molar-refractivity contribution in [3.05, 3.63) is 71.3 Å². The van der Waals surface area contributed by atoms with Crippen molar-refractivity contribution in [2.24, 2.45) is 5.92 Å². The van der Waals surface area contributed by atoms with Crippen LogP contribution >= 0.6 is 0 Å². The van der Waals surface area contributed by atoms with Crippen molar-refractivity contribution in [3.63, 3.8) is 0 Å². The quantitative estimate of drug-likeness (QED) is 0.831. The molecule has 0 aliphatic heterocycles. The largest absolute Gasteiger partial charge is 0.395 e. The lowest BCUT2D eigenvalue weighted by atomic mass is 10.00. The van der Waals surface area contributed by atoms with Crippen LogP contribution < -0.4 is 0 Å². The first-order valence-corrected chi connectivity index (χ1v) is 9.13. The Morgan fingerprint density at radius 3 is 2.40 bits per heavy atom. The fourth-order valence-electron chi connectivity index (χ4n) is 3.39. The van der Waals surface area contributed by atoms with E-state index >= 15 is 0 Å². The number of amides is 1. The molecular formula is C22H27NO2. The first kappa shape index (κ1) is 17.7. The highest BCUT2D eigenvalue weighted by Gasteiger charge is 2.45. The van der Waals surface area contributed by atoms with Gasteiger partial charge in [-0.25, -0.2) is 0 Å². The highest BCUT2D eigenvalue weighted by Crippen LogP contribution is 2.48. The Hall–Kier alpha value is -2.13. The molecule has 0 heterocycles. The molecule has 3 heteroatoms. The van der Waals surface area contributed by atoms with Gasteiger partial charge in [0.05, 0.1) is 6.61 Å². The number of aliphatic hydroxyl groups excluding tert-OH is 1. The molecule has 2 aromatic carbocycles. The highest BCUT2D eigenvalue weighted by molar-refractivity contribution is 5.83. The zero-order valence-corrected chi connectivity index (χ0v) is 15.1. The SMILES string of the molecule is CC(C)c1ccc(C2CC2C(=O)N(CCO)Cc2ccccc2)cc1. The van der Waals surface area contributed by atoms with Crippen LogP contribution in [0.5, 0.6) is 0 Å². The van der Waals surface area contributed by atoms with Crippen LogP contribution in [0.25, 0.3) is 0 Å². The summed E-state index contributed by atoms with van der Waals surface area (Å²) in [6.07, 6.45) is 0.913. The number of aliphatic hydroxyl groups is 1. The second-order valence-electron chi connectivity index (χ2n) is 7.24. The van der Waals surface area contributed by atoms with Gasteiger partial charge < -0.3 is 10.0 Å².